The van der Waals surface area contributed by atoms with Crippen molar-refractivity contribution < 1.29 is 14.3 Å². The first kappa shape index (κ1) is 13.4. The Bertz CT molecular complexity index is 221. The fourth-order valence-electron chi connectivity index (χ4n) is 1.77. The lowest BCUT2D eigenvalue weighted by Crippen LogP contribution is -2.53. The van der Waals surface area contributed by atoms with Gasteiger partial charge in [-0.25, -0.2) is 5.84 Å². The second-order valence-electron chi connectivity index (χ2n) is 3.94. The summed E-state index contributed by atoms with van der Waals surface area (Å²) < 4.78 is 10.1. The molecule has 0 aromatic rings. The molecular formula is C10H21N3O3. The lowest BCUT2D eigenvalue weighted by Gasteiger charge is -2.29. The monoisotopic (exact) mass is 231 g/mol. The third kappa shape index (κ3) is 3.71. The summed E-state index contributed by atoms with van der Waals surface area (Å²) in [6, 6.07) is 0.144. The standard InChI is InChI=1S/C10H21N3O3/c1-15-6-5-13(8-3-4-8)9(7-16-2)10(14)12-11/h8-9H,3-7,11H2,1-2H3,(H,12,14). The van der Waals surface area contributed by atoms with E-state index in [9.17, 15) is 4.79 Å². The highest BCUT2D eigenvalue weighted by atomic mass is 16.5. The van der Waals surface area contributed by atoms with Gasteiger partial charge in [-0.1, -0.05) is 0 Å². The number of rotatable bonds is 8. The first-order chi connectivity index (χ1) is 7.74. The highest BCUT2D eigenvalue weighted by molar-refractivity contribution is 5.81. The zero-order chi connectivity index (χ0) is 12.0. The maximum Gasteiger partial charge on any atom is 0.253 e. The predicted octanol–water partition coefficient (Wildman–Crippen LogP) is -0.898. The number of carbonyl (C=O) groups excluding carboxylic acids is 1. The van der Waals surface area contributed by atoms with Crippen LogP contribution in [0.15, 0.2) is 0 Å². The summed E-state index contributed by atoms with van der Waals surface area (Å²) >= 11 is 0. The molecule has 0 saturated heterocycles. The van der Waals surface area contributed by atoms with Crippen molar-refractivity contribution in [3.8, 4) is 0 Å². The number of ether oxygens (including phenoxy) is 2. The summed E-state index contributed by atoms with van der Waals surface area (Å²) in [6.45, 7) is 1.68. The van der Waals surface area contributed by atoms with Crippen molar-refractivity contribution in [3.63, 3.8) is 0 Å². The average Bonchev–Trinajstić information content (AvgIpc) is 3.11. The molecule has 1 amide bonds. The van der Waals surface area contributed by atoms with Crippen LogP contribution in [-0.2, 0) is 14.3 Å². The van der Waals surface area contributed by atoms with Crippen molar-refractivity contribution in [2.45, 2.75) is 24.9 Å². The molecule has 94 valence electrons. The van der Waals surface area contributed by atoms with Gasteiger partial charge in [0.25, 0.3) is 5.91 Å². The number of nitrogens with two attached hydrogens (primary N) is 1. The van der Waals surface area contributed by atoms with Crippen molar-refractivity contribution in [2.75, 3.05) is 34.0 Å². The molecule has 6 heteroatoms. The molecule has 0 bridgehead atoms. The van der Waals surface area contributed by atoms with E-state index in [0.717, 1.165) is 19.4 Å². The van der Waals surface area contributed by atoms with Crippen molar-refractivity contribution in [1.82, 2.24) is 10.3 Å². The van der Waals surface area contributed by atoms with Crippen LogP contribution in [0.1, 0.15) is 12.8 Å². The van der Waals surface area contributed by atoms with Crippen LogP contribution in [0.25, 0.3) is 0 Å². The van der Waals surface area contributed by atoms with Crippen LogP contribution in [0.3, 0.4) is 0 Å². The van der Waals surface area contributed by atoms with Crippen molar-refractivity contribution in [2.24, 2.45) is 5.84 Å². The molecule has 1 fully saturated rings. The first-order valence-corrected chi connectivity index (χ1v) is 5.48. The van der Waals surface area contributed by atoms with Crippen LogP contribution in [-0.4, -0.2) is 56.9 Å². The summed E-state index contributed by atoms with van der Waals surface area (Å²) in [5, 5.41) is 0. The highest BCUT2D eigenvalue weighted by Gasteiger charge is 2.36. The summed E-state index contributed by atoms with van der Waals surface area (Å²) in [7, 11) is 3.23. The maximum absolute atomic E-state index is 11.6. The molecule has 1 atom stereocenters. The summed E-state index contributed by atoms with van der Waals surface area (Å²) in [5.41, 5.74) is 2.19. The number of hydrogen-bond acceptors (Lipinski definition) is 5. The second-order valence-corrected chi connectivity index (χ2v) is 3.94. The van der Waals surface area contributed by atoms with E-state index >= 15 is 0 Å². The smallest absolute Gasteiger partial charge is 0.253 e. The van der Waals surface area contributed by atoms with Crippen molar-refractivity contribution in [3.05, 3.63) is 0 Å². The molecule has 0 aliphatic heterocycles. The average molecular weight is 231 g/mol. The van der Waals surface area contributed by atoms with Gasteiger partial charge < -0.3 is 9.47 Å². The van der Waals surface area contributed by atoms with E-state index in [1.165, 1.54) is 0 Å². The van der Waals surface area contributed by atoms with Crippen LogP contribution < -0.4 is 11.3 Å². The molecule has 16 heavy (non-hydrogen) atoms. The Morgan fingerprint density at radius 3 is 2.62 bits per heavy atom. The van der Waals surface area contributed by atoms with E-state index in [0.29, 0.717) is 19.3 Å². The molecule has 1 aliphatic carbocycles. The van der Waals surface area contributed by atoms with Gasteiger partial charge in [0, 0.05) is 26.8 Å². The SMILES string of the molecule is COCCN(C1CC1)C(COC)C(=O)NN. The molecule has 1 rings (SSSR count). The Morgan fingerprint density at radius 1 is 1.50 bits per heavy atom. The number of hydrogen-bond donors (Lipinski definition) is 2. The normalized spacial score (nSPS) is 17.5. The fourth-order valence-corrected chi connectivity index (χ4v) is 1.77. The zero-order valence-electron chi connectivity index (χ0n) is 9.94. The van der Waals surface area contributed by atoms with Gasteiger partial charge in [0.05, 0.1) is 13.2 Å². The molecular weight excluding hydrogens is 210 g/mol. The van der Waals surface area contributed by atoms with Crippen LogP contribution in [0, 0.1) is 0 Å². The zero-order valence-corrected chi connectivity index (χ0v) is 9.94. The highest BCUT2D eigenvalue weighted by Crippen LogP contribution is 2.28. The topological polar surface area (TPSA) is 76.8 Å². The Kier molecular flexibility index (Phi) is 5.68. The number of methoxy groups -OCH3 is 2. The van der Waals surface area contributed by atoms with E-state index in [2.05, 4.69) is 10.3 Å². The number of amides is 1. The summed E-state index contributed by atoms with van der Waals surface area (Å²) in [6.07, 6.45) is 2.25. The second kappa shape index (κ2) is 6.80. The molecule has 6 nitrogen and oxygen atoms in total. The van der Waals surface area contributed by atoms with Crippen LogP contribution >= 0.6 is 0 Å². The number of nitrogens with one attached hydrogen (secondary N) is 1. The lowest BCUT2D eigenvalue weighted by atomic mass is 10.2. The molecule has 1 aliphatic rings. The summed E-state index contributed by atoms with van der Waals surface area (Å²) in [4.78, 5) is 13.7. The van der Waals surface area contributed by atoms with Gasteiger partial charge in [-0.15, -0.1) is 0 Å². The van der Waals surface area contributed by atoms with Crippen molar-refractivity contribution in [1.29, 1.82) is 0 Å². The number of nitrogens with zero attached hydrogens (tertiary/aromatic N) is 1. The number of hydrazine groups is 1. The molecule has 0 radical (unpaired) electrons. The van der Waals surface area contributed by atoms with Gasteiger partial charge in [-0.2, -0.15) is 0 Å². The minimum atomic E-state index is -0.322. The minimum Gasteiger partial charge on any atom is -0.383 e. The third-order valence-electron chi connectivity index (χ3n) is 2.74. The Balaban J connectivity index is 2.58. The van der Waals surface area contributed by atoms with Crippen LogP contribution in [0.2, 0.25) is 0 Å². The van der Waals surface area contributed by atoms with Crippen LogP contribution in [0.4, 0.5) is 0 Å². The number of carbonyl (C=O) groups is 1. The van der Waals surface area contributed by atoms with Gasteiger partial charge in [-0.3, -0.25) is 15.1 Å². The molecule has 1 saturated carbocycles. The van der Waals surface area contributed by atoms with Gasteiger partial charge in [0.1, 0.15) is 6.04 Å². The van der Waals surface area contributed by atoms with Gasteiger partial charge >= 0.3 is 0 Å². The molecule has 0 spiro atoms. The van der Waals surface area contributed by atoms with Crippen LogP contribution in [0.5, 0.6) is 0 Å². The quantitative estimate of drug-likeness (QED) is 0.322. The maximum atomic E-state index is 11.6. The fraction of sp³-hybridized carbons (Fsp3) is 0.900. The third-order valence-corrected chi connectivity index (χ3v) is 2.74. The van der Waals surface area contributed by atoms with Gasteiger partial charge in [0.15, 0.2) is 0 Å². The molecule has 3 N–H and O–H groups in total. The van der Waals surface area contributed by atoms with Gasteiger partial charge in [0.2, 0.25) is 0 Å². The largest absolute Gasteiger partial charge is 0.383 e. The van der Waals surface area contributed by atoms with E-state index in [1.807, 2.05) is 0 Å². The van der Waals surface area contributed by atoms with Gasteiger partial charge in [-0.05, 0) is 12.8 Å². The first-order valence-electron chi connectivity index (χ1n) is 5.48. The summed E-state index contributed by atoms with van der Waals surface area (Å²) in [5.74, 6) is 4.97. The molecule has 0 aromatic heterocycles. The van der Waals surface area contributed by atoms with Crippen molar-refractivity contribution >= 4 is 5.91 Å². The Labute approximate surface area is 96.0 Å². The molecule has 0 heterocycles. The predicted molar refractivity (Wildman–Crippen MR) is 59.6 cm³/mol. The van der Waals surface area contributed by atoms with E-state index in [-0.39, 0.29) is 11.9 Å². The minimum absolute atomic E-state index is 0.204. The lowest BCUT2D eigenvalue weighted by molar-refractivity contribution is -0.129. The molecule has 1 unspecified atom stereocenters. The van der Waals surface area contributed by atoms with E-state index in [1.54, 1.807) is 14.2 Å². The molecule has 0 aromatic carbocycles. The Hall–Kier alpha value is -0.690. The van der Waals surface area contributed by atoms with E-state index < -0.39 is 0 Å². The Morgan fingerprint density at radius 2 is 2.19 bits per heavy atom. The van der Waals surface area contributed by atoms with E-state index in [4.69, 9.17) is 15.3 Å².